The Balaban J connectivity index is 1.41. The van der Waals surface area contributed by atoms with Crippen molar-refractivity contribution in [3.63, 3.8) is 0 Å². The minimum absolute atomic E-state index is 0.000409. The lowest BCUT2D eigenvalue weighted by atomic mass is 9.69. The van der Waals surface area contributed by atoms with Gasteiger partial charge in [-0.05, 0) is 119 Å². The molecule has 0 unspecified atom stereocenters. The van der Waals surface area contributed by atoms with E-state index in [0.717, 1.165) is 54.4 Å². The number of nitrogens with zero attached hydrogens (tertiary/aromatic N) is 2. The van der Waals surface area contributed by atoms with Gasteiger partial charge in [0.1, 0.15) is 12.6 Å². The molecule has 63 heavy (non-hydrogen) atoms. The normalized spacial score (nSPS) is 25.2. The van der Waals surface area contributed by atoms with Gasteiger partial charge >= 0.3 is 0 Å². The van der Waals surface area contributed by atoms with Gasteiger partial charge < -0.3 is 19.0 Å². The molecule has 1 aromatic heterocycles. The smallest absolute Gasteiger partial charge is 0.238 e. The predicted molar refractivity (Wildman–Crippen MR) is 264 cm³/mol. The summed E-state index contributed by atoms with van der Waals surface area (Å²) in [4.78, 5) is 33.7. The first kappa shape index (κ1) is 54.1. The van der Waals surface area contributed by atoms with Crippen LogP contribution >= 0.6 is 11.3 Å². The Morgan fingerprint density at radius 1 is 1.10 bits per heavy atom. The molecule has 1 saturated heterocycles. The Bertz CT molecular complexity index is 1930. The number of carbonyl (C=O) groups is 2. The predicted octanol–water partition coefficient (Wildman–Crippen LogP) is 11.4. The number of aliphatic hydroxyl groups is 1. The van der Waals surface area contributed by atoms with Gasteiger partial charge in [0.05, 0.1) is 47.2 Å². The molecule has 0 radical (unpaired) electrons. The van der Waals surface area contributed by atoms with Gasteiger partial charge in [-0.25, -0.2) is 17.7 Å². The average molecular weight is 952 g/mol. The SMILES string of the molecule is C/C(=C/C[C@H](OCOCC[Si](C)(C)C)/C(C)=C/c1csc(C)n1)CCC[C@H](C)[C@@H](O)[C@@H](C)C(=O)C(C)(C)[C@H](CC(=O)N1[C@@H]2C[C@H]3CC[C@]2(CS1(=O)=O)C3(C)C)O[Si](C)(C)C(C)(C)C. The second-order valence-corrected chi connectivity index (χ2v) is 36.9. The van der Waals surface area contributed by atoms with Crippen molar-refractivity contribution < 1.29 is 37.0 Å². The first-order chi connectivity index (χ1) is 28.8. The van der Waals surface area contributed by atoms with Crippen LogP contribution in [0.3, 0.4) is 0 Å². The molecule has 3 fully saturated rings. The summed E-state index contributed by atoms with van der Waals surface area (Å²) in [6.45, 7) is 36.5. The van der Waals surface area contributed by atoms with Crippen LogP contribution in [0.1, 0.15) is 138 Å². The van der Waals surface area contributed by atoms with E-state index in [0.29, 0.717) is 25.4 Å². The number of sulfonamides is 1. The zero-order chi connectivity index (χ0) is 47.7. The number of ketones is 1. The van der Waals surface area contributed by atoms with Crippen molar-refractivity contribution in [2.75, 3.05) is 19.2 Å². The second kappa shape index (κ2) is 20.4. The van der Waals surface area contributed by atoms with E-state index in [1.165, 1.54) is 9.88 Å². The van der Waals surface area contributed by atoms with Crippen LogP contribution in [-0.4, -0.2) is 94.4 Å². The molecule has 360 valence electrons. The number of fused-ring (bicyclic) bond motifs is 1. The topological polar surface area (TPSA) is 132 Å². The molecular formula is C49H86N2O8S2Si2. The Labute approximate surface area is 389 Å². The third-order valence-electron chi connectivity index (χ3n) is 16.0. The van der Waals surface area contributed by atoms with E-state index in [2.05, 4.69) is 104 Å². The van der Waals surface area contributed by atoms with E-state index in [1.807, 2.05) is 27.7 Å². The molecule has 2 aliphatic carbocycles. The fraction of sp³-hybridized carbons (Fsp3) is 0.816. The Hall–Kier alpha value is -1.53. The van der Waals surface area contributed by atoms with Gasteiger partial charge in [0.2, 0.25) is 15.9 Å². The molecule has 1 N–H and O–H groups in total. The third-order valence-corrected chi connectivity index (χ3v) is 24.9. The van der Waals surface area contributed by atoms with Crippen LogP contribution < -0.4 is 0 Å². The molecule has 8 atom stereocenters. The zero-order valence-corrected chi connectivity index (χ0v) is 45.9. The quantitative estimate of drug-likeness (QED) is 0.0493. The largest absolute Gasteiger partial charge is 0.412 e. The highest BCUT2D eigenvalue weighted by atomic mass is 32.2. The summed E-state index contributed by atoms with van der Waals surface area (Å²) in [6.07, 6.45) is 7.85. The minimum Gasteiger partial charge on any atom is -0.412 e. The summed E-state index contributed by atoms with van der Waals surface area (Å²) >= 11 is 1.63. The van der Waals surface area contributed by atoms with E-state index >= 15 is 0 Å². The number of ether oxygens (including phenoxy) is 2. The number of aromatic nitrogens is 1. The number of amides is 1. The minimum atomic E-state index is -3.84. The number of aliphatic hydroxyl groups excluding tert-OH is 1. The summed E-state index contributed by atoms with van der Waals surface area (Å²) in [7, 11) is -7.59. The average Bonchev–Trinajstić information content (AvgIpc) is 3.81. The van der Waals surface area contributed by atoms with Crippen LogP contribution in [0.25, 0.3) is 6.08 Å². The van der Waals surface area contributed by atoms with Crippen molar-refractivity contribution in [1.29, 1.82) is 0 Å². The maximum absolute atomic E-state index is 14.6. The number of rotatable bonds is 23. The maximum atomic E-state index is 14.6. The lowest BCUT2D eigenvalue weighted by Gasteiger charge is -2.45. The number of thiazole rings is 1. The van der Waals surface area contributed by atoms with Gasteiger partial charge in [0, 0.05) is 36.8 Å². The van der Waals surface area contributed by atoms with Gasteiger partial charge in [-0.3, -0.25) is 9.59 Å². The number of hydrogen-bond acceptors (Lipinski definition) is 10. The molecule has 2 heterocycles. The second-order valence-electron chi connectivity index (χ2n) is 23.6. The van der Waals surface area contributed by atoms with E-state index in [-0.39, 0.29) is 53.3 Å². The van der Waals surface area contributed by atoms with Crippen LogP contribution in [0.4, 0.5) is 0 Å². The molecule has 14 heteroatoms. The highest BCUT2D eigenvalue weighted by Crippen LogP contribution is 2.70. The van der Waals surface area contributed by atoms with Crippen molar-refractivity contribution in [3.8, 4) is 0 Å². The van der Waals surface area contributed by atoms with Crippen molar-refractivity contribution in [2.24, 2.45) is 34.0 Å². The lowest BCUT2D eigenvalue weighted by molar-refractivity contribution is -0.143. The van der Waals surface area contributed by atoms with E-state index in [4.69, 9.17) is 13.9 Å². The first-order valence-electron chi connectivity index (χ1n) is 23.7. The van der Waals surface area contributed by atoms with Gasteiger partial charge in [-0.1, -0.05) is 93.6 Å². The van der Waals surface area contributed by atoms with Crippen molar-refractivity contribution >= 4 is 55.5 Å². The van der Waals surface area contributed by atoms with Crippen molar-refractivity contribution in [3.05, 3.63) is 33.3 Å². The summed E-state index contributed by atoms with van der Waals surface area (Å²) in [6, 6.07) is 0.736. The van der Waals surface area contributed by atoms with Gasteiger partial charge in [-0.2, -0.15) is 0 Å². The molecule has 3 aliphatic rings. The monoisotopic (exact) mass is 951 g/mol. The summed E-state index contributed by atoms with van der Waals surface area (Å²) in [5.74, 6) is -1.15. The Kier molecular flexibility index (Phi) is 17.5. The molecule has 10 nitrogen and oxygen atoms in total. The van der Waals surface area contributed by atoms with Crippen LogP contribution in [-0.2, 0) is 33.5 Å². The lowest BCUT2D eigenvalue weighted by Crippen LogP contribution is -2.54. The van der Waals surface area contributed by atoms with Crippen molar-refractivity contribution in [2.45, 2.75) is 203 Å². The Morgan fingerprint density at radius 2 is 1.75 bits per heavy atom. The molecule has 2 bridgehead atoms. The molecule has 0 aromatic carbocycles. The molecular weight excluding hydrogens is 865 g/mol. The number of carbonyl (C=O) groups excluding carboxylic acids is 2. The number of Topliss-reactive ketones (excluding diaryl/α,β-unsaturated/α-hetero) is 1. The van der Waals surface area contributed by atoms with Crippen LogP contribution in [0.2, 0.25) is 43.8 Å². The van der Waals surface area contributed by atoms with Gasteiger partial charge in [-0.15, -0.1) is 11.3 Å². The fourth-order valence-corrected chi connectivity index (χ4v) is 15.6. The molecule has 1 amide bonds. The fourth-order valence-electron chi connectivity index (χ4n) is 10.2. The van der Waals surface area contributed by atoms with Gasteiger partial charge in [0.15, 0.2) is 8.32 Å². The molecule has 1 spiro atoms. The molecule has 2 saturated carbocycles. The zero-order valence-electron chi connectivity index (χ0n) is 42.3. The highest BCUT2D eigenvalue weighted by Gasteiger charge is 2.72. The van der Waals surface area contributed by atoms with E-state index in [1.54, 1.807) is 18.3 Å². The first-order valence-corrected chi connectivity index (χ1v) is 32.8. The number of allylic oxidation sites excluding steroid dienone is 1. The highest BCUT2D eigenvalue weighted by molar-refractivity contribution is 7.90. The van der Waals surface area contributed by atoms with Crippen LogP contribution in [0, 0.1) is 40.9 Å². The molecule has 1 aliphatic heterocycles. The Morgan fingerprint density at radius 3 is 2.32 bits per heavy atom. The van der Waals surface area contributed by atoms with Crippen molar-refractivity contribution in [1.82, 2.24) is 9.29 Å². The standard InChI is InChI=1S/C49H86N2O8S2Si2/c1-33(21-22-40(58-32-57-25-26-62(13,14)15)35(3)27-39-30-60-37(5)50-39)19-18-20-34(2)44(53)36(4)45(54)47(9,10)42(59-63(16,17)46(6,7)8)29-43(52)51-41-28-38-23-24-49(41,48(38,11)12)31-61(51,55)56/h21,27,30,34,36,38,40-42,44,53H,18-20,22-26,28-29,31-32H2,1-17H3/b33-21-,35-27+/t34-,36+,38+,40-,41+,42-,44+,49+/m0/s1. The number of hydrogen-bond donors (Lipinski definition) is 1. The van der Waals surface area contributed by atoms with E-state index in [9.17, 15) is 23.1 Å². The van der Waals surface area contributed by atoms with Gasteiger partial charge in [0.25, 0.3) is 0 Å². The maximum Gasteiger partial charge on any atom is 0.238 e. The summed E-state index contributed by atoms with van der Waals surface area (Å²) < 4.78 is 48.2. The summed E-state index contributed by atoms with van der Waals surface area (Å²) in [5, 5.41) is 14.6. The number of aryl methyl sites for hydroxylation is 1. The van der Waals surface area contributed by atoms with E-state index < -0.39 is 61.3 Å². The van der Waals surface area contributed by atoms with Crippen LogP contribution in [0.5, 0.6) is 0 Å². The summed E-state index contributed by atoms with van der Waals surface area (Å²) in [5.41, 5.74) is 1.49. The third kappa shape index (κ3) is 12.5. The molecule has 4 rings (SSSR count). The van der Waals surface area contributed by atoms with Crippen LogP contribution in [0.15, 0.2) is 22.6 Å². The molecule has 1 aromatic rings.